The highest BCUT2D eigenvalue weighted by Gasteiger charge is 2.33. The molecule has 1 fully saturated rings. The molecule has 6 nitrogen and oxygen atoms in total. The van der Waals surface area contributed by atoms with E-state index in [1.54, 1.807) is 0 Å². The third-order valence-corrected chi connectivity index (χ3v) is 5.98. The number of nitriles is 1. The lowest BCUT2D eigenvalue weighted by molar-refractivity contribution is -0.122. The standard InChI is InChI=1S/C27H27N5O/c1-3-4-7-25-18-32(24-8-5-6-21(2)13-24)27(33)19-30(25)17-26-15-29-20-31(26)16-23-11-9-22(14-28)10-12-23/h5-6,8-13,15,20,25H,7,16-19H2,1-2H3. The summed E-state index contributed by atoms with van der Waals surface area (Å²) in [6.45, 7) is 6.13. The molecule has 6 heteroatoms. The summed E-state index contributed by atoms with van der Waals surface area (Å²) < 4.78 is 2.10. The van der Waals surface area contributed by atoms with Crippen molar-refractivity contribution in [3.05, 3.63) is 83.4 Å². The quantitative estimate of drug-likeness (QED) is 0.551. The molecule has 166 valence electrons. The minimum absolute atomic E-state index is 0.0967. The Labute approximate surface area is 195 Å². The van der Waals surface area contributed by atoms with Gasteiger partial charge >= 0.3 is 0 Å². The molecule has 1 aliphatic rings. The van der Waals surface area contributed by atoms with Crippen LogP contribution in [0.15, 0.2) is 61.1 Å². The summed E-state index contributed by atoms with van der Waals surface area (Å²) in [5.41, 5.74) is 4.88. The number of piperazine rings is 1. The Kier molecular flexibility index (Phi) is 6.88. The summed E-state index contributed by atoms with van der Waals surface area (Å²) >= 11 is 0. The summed E-state index contributed by atoms with van der Waals surface area (Å²) in [4.78, 5) is 21.6. The Morgan fingerprint density at radius 3 is 2.70 bits per heavy atom. The summed E-state index contributed by atoms with van der Waals surface area (Å²) in [5.74, 6) is 6.31. The van der Waals surface area contributed by atoms with Gasteiger partial charge in [0, 0.05) is 44.0 Å². The van der Waals surface area contributed by atoms with E-state index in [9.17, 15) is 4.79 Å². The van der Waals surface area contributed by atoms with Crippen molar-refractivity contribution in [2.75, 3.05) is 18.0 Å². The second-order valence-electron chi connectivity index (χ2n) is 8.35. The number of carbonyl (C=O) groups excluding carboxylic acids is 1. The SMILES string of the molecule is CC#CCC1CN(c2cccc(C)c2)C(=O)CN1Cc1cncn1Cc1ccc(C#N)cc1. The molecule has 2 heterocycles. The monoisotopic (exact) mass is 437 g/mol. The maximum atomic E-state index is 13.1. The molecule has 0 aliphatic carbocycles. The molecule has 0 radical (unpaired) electrons. The van der Waals surface area contributed by atoms with Gasteiger partial charge in [-0.3, -0.25) is 9.69 Å². The van der Waals surface area contributed by atoms with Crippen molar-refractivity contribution in [3.8, 4) is 17.9 Å². The maximum Gasteiger partial charge on any atom is 0.241 e. The molecule has 0 spiro atoms. The lowest BCUT2D eigenvalue weighted by Gasteiger charge is -2.40. The lowest BCUT2D eigenvalue weighted by Crippen LogP contribution is -2.56. The highest BCUT2D eigenvalue weighted by atomic mass is 16.2. The molecule has 0 bridgehead atoms. The van der Waals surface area contributed by atoms with Crippen LogP contribution in [0.4, 0.5) is 5.69 Å². The minimum Gasteiger partial charge on any atom is -0.329 e. The summed E-state index contributed by atoms with van der Waals surface area (Å²) in [7, 11) is 0. The number of anilines is 1. The number of rotatable bonds is 6. The number of aromatic nitrogens is 2. The van der Waals surface area contributed by atoms with Crippen molar-refractivity contribution in [3.63, 3.8) is 0 Å². The predicted octanol–water partition coefficient (Wildman–Crippen LogP) is 3.74. The van der Waals surface area contributed by atoms with Crippen molar-refractivity contribution in [1.82, 2.24) is 14.5 Å². The molecule has 3 aromatic rings. The number of benzene rings is 2. The zero-order chi connectivity index (χ0) is 23.2. The van der Waals surface area contributed by atoms with E-state index in [2.05, 4.69) is 38.4 Å². The minimum atomic E-state index is 0.0967. The number of hydrogen-bond donors (Lipinski definition) is 0. The molecule has 4 rings (SSSR count). The van der Waals surface area contributed by atoms with Gasteiger partial charge in [-0.25, -0.2) is 4.98 Å². The van der Waals surface area contributed by atoms with E-state index in [1.165, 1.54) is 0 Å². The molecule has 0 N–H and O–H groups in total. The normalized spacial score (nSPS) is 16.2. The molecule has 1 unspecified atom stereocenters. The van der Waals surface area contributed by atoms with Crippen LogP contribution in [0, 0.1) is 30.1 Å². The number of aryl methyl sites for hydroxylation is 1. The van der Waals surface area contributed by atoms with Crippen LogP contribution in [0.5, 0.6) is 0 Å². The maximum absolute atomic E-state index is 13.1. The van der Waals surface area contributed by atoms with Gasteiger partial charge in [-0.1, -0.05) is 24.3 Å². The molecule has 33 heavy (non-hydrogen) atoms. The van der Waals surface area contributed by atoms with Gasteiger partial charge in [0.15, 0.2) is 0 Å². The number of carbonyl (C=O) groups is 1. The van der Waals surface area contributed by atoms with E-state index >= 15 is 0 Å². The van der Waals surface area contributed by atoms with Crippen LogP contribution in [0.3, 0.4) is 0 Å². The number of amides is 1. The molecule has 1 atom stereocenters. The second-order valence-corrected chi connectivity index (χ2v) is 8.35. The number of hydrogen-bond acceptors (Lipinski definition) is 4. The van der Waals surface area contributed by atoms with Crippen molar-refractivity contribution in [2.45, 2.75) is 39.4 Å². The summed E-state index contributed by atoms with van der Waals surface area (Å²) in [6.07, 6.45) is 4.39. The Hall–Kier alpha value is -3.87. The van der Waals surface area contributed by atoms with Crippen molar-refractivity contribution in [2.24, 2.45) is 0 Å². The smallest absolute Gasteiger partial charge is 0.241 e. The van der Waals surface area contributed by atoms with Crippen molar-refractivity contribution in [1.29, 1.82) is 5.26 Å². The first kappa shape index (κ1) is 22.3. The molecule has 0 saturated carbocycles. The van der Waals surface area contributed by atoms with Gasteiger partial charge in [0.25, 0.3) is 0 Å². The first-order chi connectivity index (χ1) is 16.1. The fraction of sp³-hybridized carbons (Fsp3) is 0.296. The molecule has 1 aromatic heterocycles. The second kappa shape index (κ2) is 10.2. The van der Waals surface area contributed by atoms with Gasteiger partial charge < -0.3 is 9.47 Å². The Bertz CT molecular complexity index is 1230. The van der Waals surface area contributed by atoms with E-state index in [1.807, 2.05) is 73.7 Å². The highest BCUT2D eigenvalue weighted by molar-refractivity contribution is 5.95. The van der Waals surface area contributed by atoms with Crippen LogP contribution >= 0.6 is 0 Å². The Morgan fingerprint density at radius 1 is 1.15 bits per heavy atom. The third kappa shape index (κ3) is 5.31. The van der Waals surface area contributed by atoms with Crippen LogP contribution in [-0.4, -0.2) is 39.5 Å². The van der Waals surface area contributed by atoms with Gasteiger partial charge in [0.2, 0.25) is 5.91 Å². The van der Waals surface area contributed by atoms with Gasteiger partial charge in [-0.2, -0.15) is 5.26 Å². The lowest BCUT2D eigenvalue weighted by atomic mass is 10.1. The van der Waals surface area contributed by atoms with E-state index in [0.717, 1.165) is 22.5 Å². The molecule has 2 aromatic carbocycles. The van der Waals surface area contributed by atoms with Gasteiger partial charge in [0.05, 0.1) is 30.2 Å². The van der Waals surface area contributed by atoms with Gasteiger partial charge in [-0.15, -0.1) is 11.8 Å². The van der Waals surface area contributed by atoms with Gasteiger partial charge in [0.1, 0.15) is 0 Å². The number of imidazole rings is 1. The van der Waals surface area contributed by atoms with Crippen molar-refractivity contribution >= 4 is 11.6 Å². The van der Waals surface area contributed by atoms with E-state index < -0.39 is 0 Å². The van der Waals surface area contributed by atoms with Crippen LogP contribution in [0.2, 0.25) is 0 Å². The molecule has 1 amide bonds. The Balaban J connectivity index is 1.52. The molecule has 1 aliphatic heterocycles. The number of nitrogens with zero attached hydrogens (tertiary/aromatic N) is 5. The molecule has 1 saturated heterocycles. The highest BCUT2D eigenvalue weighted by Crippen LogP contribution is 2.24. The average molecular weight is 438 g/mol. The molecular formula is C27H27N5O. The average Bonchev–Trinajstić information content (AvgIpc) is 3.25. The fourth-order valence-electron chi connectivity index (χ4n) is 4.17. The van der Waals surface area contributed by atoms with Crippen LogP contribution in [-0.2, 0) is 17.9 Å². The van der Waals surface area contributed by atoms with Crippen LogP contribution in [0.25, 0.3) is 0 Å². The topological polar surface area (TPSA) is 65.2 Å². The zero-order valence-electron chi connectivity index (χ0n) is 19.0. The van der Waals surface area contributed by atoms with Crippen molar-refractivity contribution < 1.29 is 4.79 Å². The van der Waals surface area contributed by atoms with E-state index in [4.69, 9.17) is 5.26 Å². The third-order valence-electron chi connectivity index (χ3n) is 5.98. The molecular weight excluding hydrogens is 410 g/mol. The van der Waals surface area contributed by atoms with Crippen LogP contribution in [0.1, 0.15) is 35.7 Å². The largest absolute Gasteiger partial charge is 0.329 e. The summed E-state index contributed by atoms with van der Waals surface area (Å²) in [6, 6.07) is 18.0. The first-order valence-corrected chi connectivity index (χ1v) is 11.1. The van der Waals surface area contributed by atoms with E-state index in [0.29, 0.717) is 38.2 Å². The van der Waals surface area contributed by atoms with Crippen LogP contribution < -0.4 is 4.90 Å². The fourth-order valence-corrected chi connectivity index (χ4v) is 4.17. The predicted molar refractivity (Wildman–Crippen MR) is 128 cm³/mol. The van der Waals surface area contributed by atoms with E-state index in [-0.39, 0.29) is 11.9 Å². The van der Waals surface area contributed by atoms with Gasteiger partial charge in [-0.05, 0) is 49.2 Å². The summed E-state index contributed by atoms with van der Waals surface area (Å²) in [5, 5.41) is 9.01. The first-order valence-electron chi connectivity index (χ1n) is 11.1. The zero-order valence-corrected chi connectivity index (χ0v) is 19.0. The Morgan fingerprint density at radius 2 is 1.97 bits per heavy atom.